The van der Waals surface area contributed by atoms with Gasteiger partial charge in [0.1, 0.15) is 6.04 Å². The molecule has 1 aromatic rings. The number of carbonyl (C=O) groups is 1. The van der Waals surface area contributed by atoms with Crippen molar-refractivity contribution in [2.45, 2.75) is 12.5 Å². The summed E-state index contributed by atoms with van der Waals surface area (Å²) in [5.41, 5.74) is 7.28. The molecule has 0 bridgehead atoms. The van der Waals surface area contributed by atoms with E-state index in [4.69, 9.17) is 22.4 Å². The maximum atomic E-state index is 10.6. The molecule has 0 aliphatic heterocycles. The Balaban J connectivity index is 2.63. The molecule has 16 heavy (non-hydrogen) atoms. The smallest absolute Gasteiger partial charge is 0.320 e. The Morgan fingerprint density at radius 1 is 1.56 bits per heavy atom. The molecule has 1 aromatic carbocycles. The Morgan fingerprint density at radius 3 is 2.94 bits per heavy atom. The van der Waals surface area contributed by atoms with Crippen LogP contribution in [0.1, 0.15) is 5.56 Å². The fraction of sp³-hybridized carbons (Fsp3) is 0.364. The van der Waals surface area contributed by atoms with E-state index in [2.05, 4.69) is 5.32 Å². The molecule has 0 heterocycles. The fourth-order valence-electron chi connectivity index (χ4n) is 1.34. The average Bonchev–Trinajstić information content (AvgIpc) is 2.26. The minimum Gasteiger partial charge on any atom is -0.480 e. The summed E-state index contributed by atoms with van der Waals surface area (Å²) < 4.78 is 0. The number of hydrogen-bond acceptors (Lipinski definition) is 3. The molecule has 0 saturated heterocycles. The summed E-state index contributed by atoms with van der Waals surface area (Å²) in [6.07, 6.45) is 0.325. The van der Waals surface area contributed by atoms with Crippen LogP contribution in [0.3, 0.4) is 0 Å². The minimum atomic E-state index is -0.987. The van der Waals surface area contributed by atoms with E-state index < -0.39 is 12.0 Å². The monoisotopic (exact) mass is 242 g/mol. The number of hydrogen-bond donors (Lipinski definition) is 3. The number of rotatable bonds is 6. The number of anilines is 1. The number of nitrogens with one attached hydrogen (secondary N) is 1. The Kier molecular flexibility index (Phi) is 5.08. The standard InChI is InChI=1S/C11H15ClN2O2/c12-4-5-14-9-3-1-2-8(6-9)7-10(13)11(15)16/h1-3,6,10,14H,4-5,7,13H2,(H,15,16). The molecule has 5 heteroatoms. The summed E-state index contributed by atoms with van der Waals surface area (Å²) >= 11 is 5.56. The van der Waals surface area contributed by atoms with Gasteiger partial charge in [-0.2, -0.15) is 0 Å². The average molecular weight is 243 g/mol. The quantitative estimate of drug-likeness (QED) is 0.657. The lowest BCUT2D eigenvalue weighted by atomic mass is 10.1. The number of alkyl halides is 1. The number of nitrogens with two attached hydrogens (primary N) is 1. The van der Waals surface area contributed by atoms with Crippen molar-refractivity contribution in [3.63, 3.8) is 0 Å². The normalized spacial score (nSPS) is 12.1. The van der Waals surface area contributed by atoms with Crippen molar-refractivity contribution in [2.75, 3.05) is 17.7 Å². The molecule has 0 aromatic heterocycles. The van der Waals surface area contributed by atoms with E-state index in [0.29, 0.717) is 18.8 Å². The zero-order chi connectivity index (χ0) is 12.0. The van der Waals surface area contributed by atoms with Gasteiger partial charge in [-0.3, -0.25) is 4.79 Å². The fourth-order valence-corrected chi connectivity index (χ4v) is 1.44. The van der Waals surface area contributed by atoms with Crippen molar-refractivity contribution >= 4 is 23.3 Å². The van der Waals surface area contributed by atoms with Gasteiger partial charge in [-0.15, -0.1) is 11.6 Å². The van der Waals surface area contributed by atoms with Gasteiger partial charge < -0.3 is 16.2 Å². The number of aliphatic carboxylic acids is 1. The molecule has 0 fully saturated rings. The summed E-state index contributed by atoms with van der Waals surface area (Å²) in [5.74, 6) is -0.460. The van der Waals surface area contributed by atoms with Gasteiger partial charge in [0.05, 0.1) is 0 Å². The predicted octanol–water partition coefficient (Wildman–Crippen LogP) is 1.29. The third-order valence-corrected chi connectivity index (χ3v) is 2.31. The molecule has 0 aliphatic carbocycles. The summed E-state index contributed by atoms with van der Waals surface area (Å²) in [6.45, 7) is 0.677. The van der Waals surface area contributed by atoms with Crippen LogP contribution in [0, 0.1) is 0 Å². The Hall–Kier alpha value is -1.26. The molecule has 0 saturated carbocycles. The van der Waals surface area contributed by atoms with Crippen molar-refractivity contribution in [1.82, 2.24) is 0 Å². The molecule has 4 N–H and O–H groups in total. The van der Waals surface area contributed by atoms with Crippen LogP contribution in [0.5, 0.6) is 0 Å². The molecule has 0 amide bonds. The van der Waals surface area contributed by atoms with Gasteiger partial charge in [-0.05, 0) is 24.1 Å². The molecular weight excluding hydrogens is 228 g/mol. The first-order valence-corrected chi connectivity index (χ1v) is 5.54. The topological polar surface area (TPSA) is 75.3 Å². The maximum absolute atomic E-state index is 10.6. The lowest BCUT2D eigenvalue weighted by Crippen LogP contribution is -2.32. The van der Waals surface area contributed by atoms with Crippen molar-refractivity contribution in [3.05, 3.63) is 29.8 Å². The van der Waals surface area contributed by atoms with Crippen LogP contribution in [-0.4, -0.2) is 29.5 Å². The molecule has 4 nitrogen and oxygen atoms in total. The highest BCUT2D eigenvalue weighted by molar-refractivity contribution is 6.18. The lowest BCUT2D eigenvalue weighted by Gasteiger charge is -2.09. The Morgan fingerprint density at radius 2 is 2.31 bits per heavy atom. The van der Waals surface area contributed by atoms with E-state index in [-0.39, 0.29) is 0 Å². The van der Waals surface area contributed by atoms with E-state index in [1.165, 1.54) is 0 Å². The van der Waals surface area contributed by atoms with Crippen LogP contribution in [0.15, 0.2) is 24.3 Å². The number of carboxylic acid groups (broad SMARTS) is 1. The zero-order valence-corrected chi connectivity index (χ0v) is 9.57. The SMILES string of the molecule is NC(Cc1cccc(NCCCl)c1)C(=O)O. The van der Waals surface area contributed by atoms with Gasteiger partial charge in [0.2, 0.25) is 0 Å². The first-order chi connectivity index (χ1) is 7.63. The van der Waals surface area contributed by atoms with Crippen LogP contribution in [0.2, 0.25) is 0 Å². The minimum absolute atomic E-state index is 0.325. The molecule has 88 valence electrons. The van der Waals surface area contributed by atoms with Gasteiger partial charge in [0.25, 0.3) is 0 Å². The van der Waals surface area contributed by atoms with E-state index in [0.717, 1.165) is 11.3 Å². The second kappa shape index (κ2) is 6.35. The van der Waals surface area contributed by atoms with E-state index in [9.17, 15) is 4.79 Å². The number of carboxylic acids is 1. The molecule has 0 radical (unpaired) electrons. The van der Waals surface area contributed by atoms with Crippen molar-refractivity contribution in [2.24, 2.45) is 5.73 Å². The maximum Gasteiger partial charge on any atom is 0.320 e. The third-order valence-electron chi connectivity index (χ3n) is 2.12. The third kappa shape index (κ3) is 4.08. The largest absolute Gasteiger partial charge is 0.480 e. The van der Waals surface area contributed by atoms with Gasteiger partial charge in [0, 0.05) is 18.1 Å². The van der Waals surface area contributed by atoms with Crippen LogP contribution in [0.25, 0.3) is 0 Å². The Labute approximate surface area is 99.4 Å². The molecule has 1 rings (SSSR count). The van der Waals surface area contributed by atoms with Crippen LogP contribution >= 0.6 is 11.6 Å². The van der Waals surface area contributed by atoms with E-state index in [1.807, 2.05) is 24.3 Å². The van der Waals surface area contributed by atoms with Crippen LogP contribution in [-0.2, 0) is 11.2 Å². The van der Waals surface area contributed by atoms with Crippen LogP contribution in [0.4, 0.5) is 5.69 Å². The number of halogens is 1. The highest BCUT2D eigenvalue weighted by Crippen LogP contribution is 2.11. The first kappa shape index (κ1) is 12.8. The van der Waals surface area contributed by atoms with E-state index >= 15 is 0 Å². The van der Waals surface area contributed by atoms with Gasteiger partial charge >= 0.3 is 5.97 Å². The summed E-state index contributed by atoms with van der Waals surface area (Å²) in [6, 6.07) is 6.65. The summed E-state index contributed by atoms with van der Waals surface area (Å²) in [4.78, 5) is 10.6. The van der Waals surface area contributed by atoms with Crippen LogP contribution < -0.4 is 11.1 Å². The number of benzene rings is 1. The van der Waals surface area contributed by atoms with Crippen molar-refractivity contribution < 1.29 is 9.90 Å². The predicted molar refractivity (Wildman–Crippen MR) is 65.0 cm³/mol. The first-order valence-electron chi connectivity index (χ1n) is 5.00. The highest BCUT2D eigenvalue weighted by atomic mass is 35.5. The second-order valence-electron chi connectivity index (χ2n) is 3.46. The van der Waals surface area contributed by atoms with Crippen molar-refractivity contribution in [3.8, 4) is 0 Å². The lowest BCUT2D eigenvalue weighted by molar-refractivity contribution is -0.138. The highest BCUT2D eigenvalue weighted by Gasteiger charge is 2.11. The van der Waals surface area contributed by atoms with Crippen molar-refractivity contribution in [1.29, 1.82) is 0 Å². The molecular formula is C11H15ClN2O2. The van der Waals surface area contributed by atoms with E-state index in [1.54, 1.807) is 0 Å². The van der Waals surface area contributed by atoms with Gasteiger partial charge in [0.15, 0.2) is 0 Å². The zero-order valence-electron chi connectivity index (χ0n) is 8.82. The molecule has 0 aliphatic rings. The van der Waals surface area contributed by atoms with Gasteiger partial charge in [-0.1, -0.05) is 12.1 Å². The second-order valence-corrected chi connectivity index (χ2v) is 3.84. The van der Waals surface area contributed by atoms with Gasteiger partial charge in [-0.25, -0.2) is 0 Å². The Bertz CT molecular complexity index is 358. The molecule has 1 unspecified atom stereocenters. The molecule has 1 atom stereocenters. The summed E-state index contributed by atoms with van der Waals surface area (Å²) in [7, 11) is 0. The molecule has 0 spiro atoms. The summed E-state index contributed by atoms with van der Waals surface area (Å²) in [5, 5.41) is 11.8.